The summed E-state index contributed by atoms with van der Waals surface area (Å²) in [4.78, 5) is 88.0. The number of hydrogen-bond acceptors (Lipinski definition) is 14. The standard InChI is InChI=1S/C56H76F4N10O8S/c1-33(2)47(68-18-15-55(51(68)74)14-17-67(30-55)52(75)78-53(5,6)7)48(71)63-42-26-46-62-43(29-79-46)37-23-36-38(27-54(8,9)32-77-50(73)40-13-12-16-70(64-40)49(42)72)45(69(31-56(58,59)60)44(36)24-39(37)57)25-41(35(4)76-11)61-28-34(3)66-21-19-65(10)20-22-66/h23-25,28-29,33,35,40,42,47,64H,3,12-22,26-27,30-32H2,1-2,4-11H3,(H,63,71)/b41-25+,61-28?/t35-,40-,42-,47-,55+/m0/s1. The summed E-state index contributed by atoms with van der Waals surface area (Å²) < 4.78 is 79.8. The van der Waals surface area contributed by atoms with Crippen LogP contribution in [0.3, 0.4) is 0 Å². The first kappa shape index (κ1) is 59.2. The number of methoxy groups -OCH3 is 1. The molecule has 432 valence electrons. The number of fused-ring (bicyclic) bond motifs is 6. The van der Waals surface area contributed by atoms with Crippen LogP contribution in [0.15, 0.2) is 40.5 Å². The number of aliphatic imine (C=N–C) groups is 1. The Morgan fingerprint density at radius 3 is 2.42 bits per heavy atom. The quantitative estimate of drug-likeness (QED) is 0.112. The van der Waals surface area contributed by atoms with Crippen LogP contribution >= 0.6 is 11.3 Å². The van der Waals surface area contributed by atoms with Crippen molar-refractivity contribution < 1.29 is 55.7 Å². The SMILES string of the molecule is C=C(C=N/C(=C/c1c2c3cc(c(F)cc3n1CC(F)(F)F)-c1csc(n1)C[C@H](NC(=O)[C@H](C(C)C)N1CC[C@@]3(CCN(C(=O)OC(C)(C)C)C3)C1=O)C(=O)N1CCC[C@H](N1)C(=O)OCC(C)(C)C2)[C@H](C)OC)N1CCN(C)CC1. The first-order valence-electron chi connectivity index (χ1n) is 27.2. The summed E-state index contributed by atoms with van der Waals surface area (Å²) in [6.45, 7) is 20.8. The summed E-state index contributed by atoms with van der Waals surface area (Å²) in [5, 5.41) is 6.45. The Balaban J connectivity index is 1.17. The van der Waals surface area contributed by atoms with Crippen molar-refractivity contribution in [3.63, 3.8) is 0 Å². The van der Waals surface area contributed by atoms with Gasteiger partial charge in [0.05, 0.1) is 40.0 Å². The van der Waals surface area contributed by atoms with E-state index in [-0.39, 0.29) is 73.2 Å². The molecule has 18 nitrogen and oxygen atoms in total. The van der Waals surface area contributed by atoms with Crippen LogP contribution in [0.5, 0.6) is 0 Å². The number of halogens is 4. The number of thiazole rings is 1. The molecule has 0 saturated carbocycles. The average Bonchev–Trinajstić information content (AvgIpc) is 4.39. The number of cyclic esters (lactones) is 1. The van der Waals surface area contributed by atoms with Crippen molar-refractivity contribution in [3.8, 4) is 11.3 Å². The molecule has 0 radical (unpaired) electrons. The predicted molar refractivity (Wildman–Crippen MR) is 292 cm³/mol. The zero-order chi connectivity index (χ0) is 57.5. The Morgan fingerprint density at radius 2 is 1.75 bits per heavy atom. The summed E-state index contributed by atoms with van der Waals surface area (Å²) >= 11 is 1.11. The van der Waals surface area contributed by atoms with Gasteiger partial charge in [0.2, 0.25) is 11.8 Å². The number of hydrogen-bond donors (Lipinski definition) is 2. The molecule has 0 unspecified atom stereocenters. The number of nitrogens with zero attached hydrogens (tertiary/aromatic N) is 8. The lowest BCUT2D eigenvalue weighted by molar-refractivity contribution is -0.155. The number of allylic oxidation sites excluding steroid dienone is 1. The van der Waals surface area contributed by atoms with Crippen molar-refractivity contribution in [2.75, 3.05) is 73.1 Å². The lowest BCUT2D eigenvalue weighted by atomic mass is 9.85. The third kappa shape index (κ3) is 13.5. The second kappa shape index (κ2) is 23.3. The number of benzene rings is 1. The van der Waals surface area contributed by atoms with E-state index < -0.39 is 89.0 Å². The molecule has 3 aromatic rings. The number of hydrazine groups is 1. The number of nitrogens with one attached hydrogen (secondary N) is 2. The molecule has 23 heteroatoms. The minimum atomic E-state index is -4.75. The molecular weight excluding hydrogens is 1050 g/mol. The number of amides is 4. The van der Waals surface area contributed by atoms with E-state index in [1.54, 1.807) is 53.1 Å². The van der Waals surface area contributed by atoms with Gasteiger partial charge in [-0.1, -0.05) is 34.3 Å². The summed E-state index contributed by atoms with van der Waals surface area (Å²) in [5.41, 5.74) is 1.99. The Morgan fingerprint density at radius 1 is 1.04 bits per heavy atom. The third-order valence-corrected chi connectivity index (χ3v) is 16.4. The molecule has 2 N–H and O–H groups in total. The fourth-order valence-electron chi connectivity index (χ4n) is 11.2. The highest BCUT2D eigenvalue weighted by atomic mass is 32.1. The van der Waals surface area contributed by atoms with Crippen LogP contribution in [0.4, 0.5) is 22.4 Å². The average molecular weight is 1130 g/mol. The molecule has 7 heterocycles. The van der Waals surface area contributed by atoms with Crippen molar-refractivity contribution in [3.05, 3.63) is 57.6 Å². The van der Waals surface area contributed by atoms with Gasteiger partial charge in [-0.05, 0) is 96.5 Å². The molecule has 5 aliphatic rings. The van der Waals surface area contributed by atoms with Gasteiger partial charge in [0.1, 0.15) is 36.1 Å². The van der Waals surface area contributed by atoms with E-state index in [0.717, 1.165) is 35.1 Å². The van der Waals surface area contributed by atoms with Crippen LogP contribution in [0.25, 0.3) is 28.2 Å². The van der Waals surface area contributed by atoms with Crippen molar-refractivity contribution in [2.24, 2.45) is 21.7 Å². The van der Waals surface area contributed by atoms with Gasteiger partial charge in [0, 0.05) is 105 Å². The van der Waals surface area contributed by atoms with Gasteiger partial charge in [-0.3, -0.25) is 29.2 Å². The number of likely N-dealkylation sites (tertiary alicyclic amines) is 2. The van der Waals surface area contributed by atoms with Gasteiger partial charge >= 0.3 is 18.2 Å². The Labute approximate surface area is 463 Å². The fourth-order valence-corrected chi connectivity index (χ4v) is 12.1. The summed E-state index contributed by atoms with van der Waals surface area (Å²) in [5.74, 6) is -3.38. The molecule has 2 aromatic heterocycles. The van der Waals surface area contributed by atoms with E-state index in [2.05, 4.69) is 27.1 Å². The van der Waals surface area contributed by atoms with Crippen LogP contribution in [-0.2, 0) is 52.8 Å². The number of esters is 1. The van der Waals surface area contributed by atoms with Gasteiger partial charge < -0.3 is 43.7 Å². The molecule has 6 bridgehead atoms. The van der Waals surface area contributed by atoms with Crippen LogP contribution in [0.2, 0.25) is 0 Å². The number of alkyl halides is 3. The van der Waals surface area contributed by atoms with Crippen LogP contribution in [0.1, 0.15) is 97.3 Å². The highest BCUT2D eigenvalue weighted by Crippen LogP contribution is 2.43. The Kier molecular flexibility index (Phi) is 17.5. The molecule has 1 aromatic carbocycles. The van der Waals surface area contributed by atoms with Crippen molar-refractivity contribution in [2.45, 2.75) is 136 Å². The largest absolute Gasteiger partial charge is 0.464 e. The molecular formula is C56H76F4N10O8S. The lowest BCUT2D eigenvalue weighted by Crippen LogP contribution is -2.62. The minimum absolute atomic E-state index is 0.0146. The third-order valence-electron chi connectivity index (χ3n) is 15.6. The lowest BCUT2D eigenvalue weighted by Gasteiger charge is -2.36. The molecule has 1 spiro atoms. The predicted octanol–water partition coefficient (Wildman–Crippen LogP) is 7.21. The Hall–Kier alpha value is -5.91. The van der Waals surface area contributed by atoms with E-state index in [4.69, 9.17) is 24.2 Å². The van der Waals surface area contributed by atoms with Crippen molar-refractivity contribution in [1.82, 2.24) is 44.9 Å². The van der Waals surface area contributed by atoms with Crippen molar-refractivity contribution in [1.29, 1.82) is 0 Å². The maximum absolute atomic E-state index is 16.9. The maximum Gasteiger partial charge on any atom is 0.410 e. The topological polar surface area (TPSA) is 183 Å². The van der Waals surface area contributed by atoms with Gasteiger partial charge in [-0.25, -0.2) is 19.6 Å². The summed E-state index contributed by atoms with van der Waals surface area (Å²) in [6.07, 6.45) is -1.47. The molecule has 4 saturated heterocycles. The van der Waals surface area contributed by atoms with E-state index in [9.17, 15) is 37.1 Å². The fraction of sp³-hybridized carbons (Fsp3) is 0.625. The number of piperazine rings is 1. The number of carbonyl (C=O) groups excluding carboxylic acids is 5. The zero-order valence-electron chi connectivity index (χ0n) is 47.1. The molecule has 0 aliphatic carbocycles. The van der Waals surface area contributed by atoms with E-state index >= 15 is 4.39 Å². The van der Waals surface area contributed by atoms with Crippen molar-refractivity contribution >= 4 is 64.3 Å². The van der Waals surface area contributed by atoms with E-state index in [0.29, 0.717) is 67.0 Å². The van der Waals surface area contributed by atoms with Gasteiger partial charge in [0.25, 0.3) is 5.91 Å². The number of rotatable bonds is 11. The number of likely N-dealkylation sites (N-methyl/N-ethyl adjacent to an activating group) is 1. The van der Waals surface area contributed by atoms with E-state index in [1.807, 2.05) is 20.9 Å². The van der Waals surface area contributed by atoms with Crippen LogP contribution in [-0.4, -0.2) is 179 Å². The number of ether oxygens (including phenoxy) is 3. The first-order chi connectivity index (χ1) is 37.1. The van der Waals surface area contributed by atoms with Gasteiger partial charge in [0.15, 0.2) is 0 Å². The van der Waals surface area contributed by atoms with Crippen LogP contribution in [0, 0.1) is 22.6 Å². The Bertz CT molecular complexity index is 2890. The zero-order valence-corrected chi connectivity index (χ0v) is 47.9. The molecule has 5 atom stereocenters. The van der Waals surface area contributed by atoms with Crippen LogP contribution < -0.4 is 10.7 Å². The van der Waals surface area contributed by atoms with E-state index in [1.165, 1.54) is 34.1 Å². The second-order valence-electron chi connectivity index (χ2n) is 23.9. The molecule has 5 aliphatic heterocycles. The summed E-state index contributed by atoms with van der Waals surface area (Å²) in [6, 6.07) is -0.734. The highest BCUT2D eigenvalue weighted by Gasteiger charge is 2.55. The summed E-state index contributed by atoms with van der Waals surface area (Å²) in [7, 11) is 3.50. The number of carbonyl (C=O) groups is 5. The molecule has 79 heavy (non-hydrogen) atoms. The first-order valence-corrected chi connectivity index (χ1v) is 28.0. The molecule has 4 amide bonds. The minimum Gasteiger partial charge on any atom is -0.464 e. The normalized spacial score (nSPS) is 23.7. The second-order valence-corrected chi connectivity index (χ2v) is 24.9. The molecule has 8 rings (SSSR count). The van der Waals surface area contributed by atoms with Gasteiger partial charge in [-0.2, -0.15) is 13.2 Å². The highest BCUT2D eigenvalue weighted by molar-refractivity contribution is 7.10. The monoisotopic (exact) mass is 1120 g/mol. The maximum atomic E-state index is 16.9. The number of aromatic nitrogens is 2. The molecule has 4 fully saturated rings. The smallest absolute Gasteiger partial charge is 0.410 e. The van der Waals surface area contributed by atoms with Gasteiger partial charge in [-0.15, -0.1) is 11.3 Å².